The second-order valence-electron chi connectivity index (χ2n) is 4.30. The SMILES string of the molecule is O=C(Nc1cccc(F)n1)C1Cc2nc[nH]c2CN1. The van der Waals surface area contributed by atoms with Gasteiger partial charge in [0.15, 0.2) is 0 Å². The lowest BCUT2D eigenvalue weighted by Crippen LogP contribution is -2.44. The lowest BCUT2D eigenvalue weighted by Gasteiger charge is -2.21. The summed E-state index contributed by atoms with van der Waals surface area (Å²) < 4.78 is 12.9. The molecule has 2 aromatic rings. The predicted octanol–water partition coefficient (Wildman–Crippen LogP) is 0.597. The molecule has 1 aliphatic rings. The average Bonchev–Trinajstić information content (AvgIpc) is 2.85. The second-order valence-corrected chi connectivity index (χ2v) is 4.30. The van der Waals surface area contributed by atoms with Crippen LogP contribution in [0, 0.1) is 5.95 Å². The lowest BCUT2D eigenvalue weighted by atomic mass is 10.0. The van der Waals surface area contributed by atoms with Crippen LogP contribution in [0.2, 0.25) is 0 Å². The number of aromatic nitrogens is 3. The second kappa shape index (κ2) is 4.77. The van der Waals surface area contributed by atoms with Gasteiger partial charge in [-0.05, 0) is 12.1 Å². The van der Waals surface area contributed by atoms with Crippen molar-refractivity contribution in [3.63, 3.8) is 0 Å². The Morgan fingerprint density at radius 2 is 2.37 bits per heavy atom. The van der Waals surface area contributed by atoms with Crippen molar-refractivity contribution in [1.29, 1.82) is 0 Å². The van der Waals surface area contributed by atoms with E-state index in [1.165, 1.54) is 12.1 Å². The zero-order valence-corrected chi connectivity index (χ0v) is 9.98. The van der Waals surface area contributed by atoms with Crippen LogP contribution in [0.1, 0.15) is 11.4 Å². The molecule has 3 N–H and O–H groups in total. The highest BCUT2D eigenvalue weighted by atomic mass is 19.1. The molecule has 7 heteroatoms. The van der Waals surface area contributed by atoms with Crippen LogP contribution in [-0.2, 0) is 17.8 Å². The van der Waals surface area contributed by atoms with Gasteiger partial charge >= 0.3 is 0 Å². The highest BCUT2D eigenvalue weighted by Gasteiger charge is 2.25. The number of anilines is 1. The molecule has 0 saturated carbocycles. The summed E-state index contributed by atoms with van der Waals surface area (Å²) in [4.78, 5) is 22.8. The van der Waals surface area contributed by atoms with E-state index in [0.717, 1.165) is 11.4 Å². The van der Waals surface area contributed by atoms with Crippen LogP contribution < -0.4 is 10.6 Å². The van der Waals surface area contributed by atoms with E-state index in [2.05, 4.69) is 25.6 Å². The molecule has 0 fully saturated rings. The Hall–Kier alpha value is -2.28. The van der Waals surface area contributed by atoms with Gasteiger partial charge in [-0.25, -0.2) is 9.97 Å². The Bertz CT molecular complexity index is 612. The zero-order valence-electron chi connectivity index (χ0n) is 9.98. The molecule has 3 rings (SSSR count). The Balaban J connectivity index is 1.69. The highest BCUT2D eigenvalue weighted by molar-refractivity contribution is 5.94. The van der Waals surface area contributed by atoms with Gasteiger partial charge in [0.2, 0.25) is 11.9 Å². The van der Waals surface area contributed by atoms with E-state index < -0.39 is 5.95 Å². The maximum absolute atomic E-state index is 12.9. The predicted molar refractivity (Wildman–Crippen MR) is 65.7 cm³/mol. The largest absolute Gasteiger partial charge is 0.347 e. The summed E-state index contributed by atoms with van der Waals surface area (Å²) in [7, 11) is 0. The van der Waals surface area contributed by atoms with Crippen molar-refractivity contribution in [2.75, 3.05) is 5.32 Å². The Morgan fingerprint density at radius 1 is 1.47 bits per heavy atom. The number of pyridine rings is 1. The standard InChI is InChI=1S/C12H12FN5O/c13-10-2-1-3-11(17-10)18-12(19)8-4-7-9(5-14-8)16-6-15-7/h1-3,6,8,14H,4-5H2,(H,15,16)(H,17,18,19). The topological polar surface area (TPSA) is 82.7 Å². The molecule has 0 radical (unpaired) electrons. The van der Waals surface area contributed by atoms with Crippen molar-refractivity contribution in [2.45, 2.75) is 19.0 Å². The average molecular weight is 261 g/mol. The minimum Gasteiger partial charge on any atom is -0.347 e. The van der Waals surface area contributed by atoms with Gasteiger partial charge in [-0.2, -0.15) is 4.39 Å². The summed E-state index contributed by atoms with van der Waals surface area (Å²) in [6.45, 7) is 0.560. The fraction of sp³-hybridized carbons (Fsp3) is 0.250. The number of imidazole rings is 1. The van der Waals surface area contributed by atoms with Gasteiger partial charge < -0.3 is 10.3 Å². The molecule has 1 atom stereocenters. The van der Waals surface area contributed by atoms with Gasteiger partial charge in [-0.15, -0.1) is 0 Å². The van der Waals surface area contributed by atoms with E-state index in [4.69, 9.17) is 0 Å². The molecule has 0 bridgehead atoms. The van der Waals surface area contributed by atoms with Gasteiger partial charge in [0.1, 0.15) is 5.82 Å². The van der Waals surface area contributed by atoms with Crippen LogP contribution in [0.25, 0.3) is 0 Å². The summed E-state index contributed by atoms with van der Waals surface area (Å²) in [5.74, 6) is -0.657. The smallest absolute Gasteiger partial charge is 0.243 e. The monoisotopic (exact) mass is 261 g/mol. The maximum Gasteiger partial charge on any atom is 0.243 e. The van der Waals surface area contributed by atoms with E-state index in [1.54, 1.807) is 12.4 Å². The number of aromatic amines is 1. The van der Waals surface area contributed by atoms with Crippen molar-refractivity contribution in [2.24, 2.45) is 0 Å². The number of fused-ring (bicyclic) bond motifs is 1. The minimum atomic E-state index is -0.621. The zero-order chi connectivity index (χ0) is 13.2. The molecule has 0 saturated heterocycles. The van der Waals surface area contributed by atoms with Crippen molar-refractivity contribution in [3.8, 4) is 0 Å². The summed E-state index contributed by atoms with van der Waals surface area (Å²) in [6, 6.07) is 3.88. The van der Waals surface area contributed by atoms with Gasteiger partial charge in [0.25, 0.3) is 0 Å². The van der Waals surface area contributed by atoms with E-state index in [9.17, 15) is 9.18 Å². The number of H-pyrrole nitrogens is 1. The molecule has 3 heterocycles. The molecule has 6 nitrogen and oxygen atoms in total. The van der Waals surface area contributed by atoms with Crippen molar-refractivity contribution in [3.05, 3.63) is 41.9 Å². The van der Waals surface area contributed by atoms with Crippen molar-refractivity contribution < 1.29 is 9.18 Å². The molecular formula is C12H12FN5O. The van der Waals surface area contributed by atoms with Gasteiger partial charge in [-0.3, -0.25) is 10.1 Å². The molecule has 0 aliphatic carbocycles. The molecule has 1 unspecified atom stereocenters. The number of rotatable bonds is 2. The van der Waals surface area contributed by atoms with Crippen LogP contribution in [-0.4, -0.2) is 26.9 Å². The number of hydrogen-bond acceptors (Lipinski definition) is 4. The fourth-order valence-electron chi connectivity index (χ4n) is 2.05. The van der Waals surface area contributed by atoms with E-state index >= 15 is 0 Å². The molecule has 98 valence electrons. The Morgan fingerprint density at radius 3 is 3.21 bits per heavy atom. The van der Waals surface area contributed by atoms with Crippen LogP contribution >= 0.6 is 0 Å². The third-order valence-electron chi connectivity index (χ3n) is 3.01. The first kappa shape index (κ1) is 11.8. The number of halogens is 1. The number of hydrogen-bond donors (Lipinski definition) is 3. The van der Waals surface area contributed by atoms with Gasteiger partial charge in [0, 0.05) is 13.0 Å². The minimum absolute atomic E-state index is 0.208. The normalized spacial score (nSPS) is 17.8. The molecule has 0 aromatic carbocycles. The first-order chi connectivity index (χ1) is 9.22. The Kier molecular flexibility index (Phi) is 2.96. The van der Waals surface area contributed by atoms with E-state index in [1.807, 2.05) is 0 Å². The maximum atomic E-state index is 12.9. The van der Waals surface area contributed by atoms with Gasteiger partial charge in [-0.1, -0.05) is 6.07 Å². The molecule has 19 heavy (non-hydrogen) atoms. The van der Waals surface area contributed by atoms with Crippen molar-refractivity contribution in [1.82, 2.24) is 20.3 Å². The summed E-state index contributed by atoms with van der Waals surface area (Å²) in [5, 5.41) is 5.68. The fourth-order valence-corrected chi connectivity index (χ4v) is 2.05. The summed E-state index contributed by atoms with van der Waals surface area (Å²) in [5.41, 5.74) is 1.87. The highest BCUT2D eigenvalue weighted by Crippen LogP contribution is 2.13. The molecule has 0 spiro atoms. The third-order valence-corrected chi connectivity index (χ3v) is 3.01. The lowest BCUT2D eigenvalue weighted by molar-refractivity contribution is -0.118. The molecular weight excluding hydrogens is 249 g/mol. The van der Waals surface area contributed by atoms with E-state index in [-0.39, 0.29) is 17.8 Å². The quantitative estimate of drug-likeness (QED) is 0.691. The van der Waals surface area contributed by atoms with Crippen LogP contribution in [0.15, 0.2) is 24.5 Å². The van der Waals surface area contributed by atoms with Crippen molar-refractivity contribution >= 4 is 11.7 Å². The molecule has 1 aliphatic heterocycles. The first-order valence-electron chi connectivity index (χ1n) is 5.90. The number of carbonyl (C=O) groups excluding carboxylic acids is 1. The summed E-state index contributed by atoms with van der Waals surface area (Å²) >= 11 is 0. The van der Waals surface area contributed by atoms with Gasteiger partial charge in [0.05, 0.1) is 23.8 Å². The molecule has 1 amide bonds. The number of nitrogens with one attached hydrogen (secondary N) is 3. The molecule has 2 aromatic heterocycles. The van der Waals surface area contributed by atoms with E-state index in [0.29, 0.717) is 13.0 Å². The van der Waals surface area contributed by atoms with Crippen LogP contribution in [0.5, 0.6) is 0 Å². The van der Waals surface area contributed by atoms with Crippen LogP contribution in [0.4, 0.5) is 10.2 Å². The number of amides is 1. The number of carbonyl (C=O) groups is 1. The first-order valence-corrected chi connectivity index (χ1v) is 5.90. The third kappa shape index (κ3) is 2.45. The Labute approximate surface area is 108 Å². The summed E-state index contributed by atoms with van der Waals surface area (Å²) in [6.07, 6.45) is 2.11. The number of nitrogens with zero attached hydrogens (tertiary/aromatic N) is 2. The van der Waals surface area contributed by atoms with Crippen LogP contribution in [0.3, 0.4) is 0 Å².